The van der Waals surface area contributed by atoms with E-state index in [2.05, 4.69) is 16.3 Å². The van der Waals surface area contributed by atoms with Crippen LogP contribution in [0.3, 0.4) is 0 Å². The average Bonchev–Trinajstić information content (AvgIpc) is 2.80. The second kappa shape index (κ2) is 2.30. The van der Waals surface area contributed by atoms with E-state index in [9.17, 15) is 0 Å². The lowest BCUT2D eigenvalue weighted by Crippen LogP contribution is -2.12. The monoisotopic (exact) mass is 149 g/mol. The van der Waals surface area contributed by atoms with Crippen LogP contribution in [0.25, 0.3) is 0 Å². The van der Waals surface area contributed by atoms with Gasteiger partial charge in [-0.1, -0.05) is 6.42 Å². The Bertz CT molecular complexity index is 220. The van der Waals surface area contributed by atoms with Gasteiger partial charge < -0.3 is 0 Å². The molecule has 0 aromatic rings. The molecule has 0 aromatic carbocycles. The lowest BCUT2D eigenvalue weighted by atomic mass is 9.97. The fraction of sp³-hybridized carbons (Fsp3) is 0.875. The fourth-order valence-electron chi connectivity index (χ4n) is 1.76. The summed E-state index contributed by atoms with van der Waals surface area (Å²) >= 11 is 0. The zero-order chi connectivity index (χ0) is 7.73. The summed E-state index contributed by atoms with van der Waals surface area (Å²) in [6, 6.07) is 2.32. The summed E-state index contributed by atoms with van der Waals surface area (Å²) in [5.74, 6) is 0.201. The molecule has 0 bridgehead atoms. The van der Waals surface area contributed by atoms with E-state index < -0.39 is 0 Å². The highest BCUT2D eigenvalue weighted by Gasteiger charge is 2.42. The van der Waals surface area contributed by atoms with Gasteiger partial charge >= 0.3 is 0 Å². The molecule has 3 nitrogen and oxygen atoms in total. The first kappa shape index (κ1) is 6.78. The Kier molecular flexibility index (Phi) is 1.42. The third-order valence-corrected chi connectivity index (χ3v) is 2.52. The van der Waals surface area contributed by atoms with E-state index in [4.69, 9.17) is 5.26 Å². The number of nitriles is 1. The van der Waals surface area contributed by atoms with Gasteiger partial charge in [-0.3, -0.25) is 0 Å². The van der Waals surface area contributed by atoms with Crippen molar-refractivity contribution in [1.29, 1.82) is 5.26 Å². The van der Waals surface area contributed by atoms with E-state index in [1.807, 2.05) is 0 Å². The maximum atomic E-state index is 8.74. The van der Waals surface area contributed by atoms with Crippen LogP contribution in [0.2, 0.25) is 0 Å². The molecule has 1 aliphatic carbocycles. The predicted octanol–water partition coefficient (Wildman–Crippen LogP) is 2.25. The van der Waals surface area contributed by atoms with Crippen molar-refractivity contribution < 1.29 is 0 Å². The largest absolute Gasteiger partial charge is 0.198 e. The van der Waals surface area contributed by atoms with E-state index in [1.165, 1.54) is 12.8 Å². The molecular formula is C8H11N3. The van der Waals surface area contributed by atoms with Crippen LogP contribution in [0.1, 0.15) is 32.1 Å². The number of hydrogen-bond acceptors (Lipinski definition) is 3. The summed E-state index contributed by atoms with van der Waals surface area (Å²) in [5.41, 5.74) is -0.0864. The molecule has 1 unspecified atom stereocenters. The van der Waals surface area contributed by atoms with Crippen LogP contribution in [0.5, 0.6) is 0 Å². The van der Waals surface area contributed by atoms with Gasteiger partial charge in [-0.25, -0.2) is 0 Å². The normalized spacial score (nSPS) is 32.8. The zero-order valence-electron chi connectivity index (χ0n) is 6.45. The smallest absolute Gasteiger partial charge is 0.192 e. The van der Waals surface area contributed by atoms with Crippen molar-refractivity contribution >= 4 is 0 Å². The maximum absolute atomic E-state index is 8.74. The second-order valence-corrected chi connectivity index (χ2v) is 3.46. The summed E-state index contributed by atoms with van der Waals surface area (Å²) in [5, 5.41) is 16.8. The van der Waals surface area contributed by atoms with Gasteiger partial charge in [-0.2, -0.15) is 15.5 Å². The number of nitrogens with zero attached hydrogens (tertiary/aromatic N) is 3. The number of hydrogen-bond donors (Lipinski definition) is 0. The summed E-state index contributed by atoms with van der Waals surface area (Å²) in [7, 11) is 0. The van der Waals surface area contributed by atoms with Gasteiger partial charge in [-0.15, -0.1) is 0 Å². The minimum atomic E-state index is -0.0864. The molecule has 1 aliphatic heterocycles. The molecule has 1 fully saturated rings. The minimum absolute atomic E-state index is 0.0864. The van der Waals surface area contributed by atoms with E-state index >= 15 is 0 Å². The van der Waals surface area contributed by atoms with E-state index in [-0.39, 0.29) is 11.6 Å². The highest BCUT2D eigenvalue weighted by Crippen LogP contribution is 2.42. The van der Waals surface area contributed by atoms with Crippen molar-refractivity contribution in [3.05, 3.63) is 0 Å². The van der Waals surface area contributed by atoms with Crippen molar-refractivity contribution in [2.75, 3.05) is 0 Å². The SMILES string of the molecule is N#CC1CCCCC2(C1)N=N2. The molecule has 1 heterocycles. The summed E-state index contributed by atoms with van der Waals surface area (Å²) in [4.78, 5) is 0. The average molecular weight is 149 g/mol. The molecule has 11 heavy (non-hydrogen) atoms. The minimum Gasteiger partial charge on any atom is -0.198 e. The Balaban J connectivity index is 2.01. The van der Waals surface area contributed by atoms with Crippen molar-refractivity contribution in [1.82, 2.24) is 0 Å². The standard InChI is InChI=1S/C8H11N3/c9-6-7-3-1-2-4-8(5-7)10-11-8/h7H,1-5H2. The van der Waals surface area contributed by atoms with Crippen molar-refractivity contribution in [3.63, 3.8) is 0 Å². The maximum Gasteiger partial charge on any atom is 0.192 e. The van der Waals surface area contributed by atoms with Gasteiger partial charge in [0.2, 0.25) is 0 Å². The second-order valence-electron chi connectivity index (χ2n) is 3.46. The van der Waals surface area contributed by atoms with Gasteiger partial charge in [0.05, 0.1) is 12.0 Å². The van der Waals surface area contributed by atoms with Crippen LogP contribution in [-0.2, 0) is 0 Å². The molecule has 0 N–H and O–H groups in total. The number of rotatable bonds is 0. The summed E-state index contributed by atoms with van der Waals surface area (Å²) < 4.78 is 0. The van der Waals surface area contributed by atoms with Crippen LogP contribution in [0.4, 0.5) is 0 Å². The first-order valence-corrected chi connectivity index (χ1v) is 4.18. The van der Waals surface area contributed by atoms with Crippen LogP contribution >= 0.6 is 0 Å². The first-order valence-electron chi connectivity index (χ1n) is 4.18. The highest BCUT2D eigenvalue weighted by molar-refractivity contribution is 5.01. The molecule has 2 rings (SSSR count). The third-order valence-electron chi connectivity index (χ3n) is 2.52. The predicted molar refractivity (Wildman–Crippen MR) is 39.8 cm³/mol. The fourth-order valence-corrected chi connectivity index (χ4v) is 1.76. The van der Waals surface area contributed by atoms with Gasteiger partial charge in [0.25, 0.3) is 0 Å². The van der Waals surface area contributed by atoms with Gasteiger partial charge in [0.1, 0.15) is 0 Å². The molecule has 0 aromatic heterocycles. The Hall–Kier alpha value is -0.910. The van der Waals surface area contributed by atoms with E-state index in [0.29, 0.717) is 0 Å². The molecule has 1 atom stereocenters. The Morgan fingerprint density at radius 1 is 1.36 bits per heavy atom. The molecule has 3 heteroatoms. The molecule has 0 amide bonds. The van der Waals surface area contributed by atoms with Gasteiger partial charge in [0.15, 0.2) is 5.66 Å². The molecule has 2 aliphatic rings. The first-order chi connectivity index (χ1) is 5.35. The highest BCUT2D eigenvalue weighted by atomic mass is 15.4. The van der Waals surface area contributed by atoms with Crippen molar-refractivity contribution in [2.45, 2.75) is 37.8 Å². The Labute approximate surface area is 66.1 Å². The lowest BCUT2D eigenvalue weighted by molar-refractivity contribution is 0.471. The molecule has 1 spiro atoms. The molecule has 0 saturated heterocycles. The molecular weight excluding hydrogens is 138 g/mol. The van der Waals surface area contributed by atoms with Crippen molar-refractivity contribution in [2.24, 2.45) is 16.1 Å². The Morgan fingerprint density at radius 3 is 2.82 bits per heavy atom. The molecule has 58 valence electrons. The lowest BCUT2D eigenvalue weighted by Gasteiger charge is -2.07. The van der Waals surface area contributed by atoms with Crippen molar-refractivity contribution in [3.8, 4) is 6.07 Å². The zero-order valence-corrected chi connectivity index (χ0v) is 6.45. The third kappa shape index (κ3) is 1.25. The molecule has 0 radical (unpaired) electrons. The van der Waals surface area contributed by atoms with Crippen LogP contribution in [-0.4, -0.2) is 5.66 Å². The summed E-state index contributed by atoms with van der Waals surface area (Å²) in [6.07, 6.45) is 5.36. The summed E-state index contributed by atoms with van der Waals surface area (Å²) in [6.45, 7) is 0. The van der Waals surface area contributed by atoms with Gasteiger partial charge in [-0.05, 0) is 19.3 Å². The van der Waals surface area contributed by atoms with E-state index in [0.717, 1.165) is 19.3 Å². The molecule has 1 saturated carbocycles. The van der Waals surface area contributed by atoms with E-state index in [1.54, 1.807) is 0 Å². The van der Waals surface area contributed by atoms with Crippen LogP contribution in [0, 0.1) is 17.2 Å². The van der Waals surface area contributed by atoms with Crippen LogP contribution in [0.15, 0.2) is 10.2 Å². The topological polar surface area (TPSA) is 48.5 Å². The Morgan fingerprint density at radius 2 is 2.18 bits per heavy atom. The van der Waals surface area contributed by atoms with Crippen LogP contribution < -0.4 is 0 Å². The quantitative estimate of drug-likeness (QED) is 0.521. The van der Waals surface area contributed by atoms with Gasteiger partial charge in [0, 0.05) is 6.42 Å².